The SMILES string of the molecule is CC(=O)N1CCC(CN2CCN(c3nc(C)cs3)C(C)C2)CC1. The van der Waals surface area contributed by atoms with Crippen molar-refractivity contribution in [2.75, 3.05) is 44.2 Å². The number of hydrogen-bond donors (Lipinski definition) is 0. The summed E-state index contributed by atoms with van der Waals surface area (Å²) in [6.45, 7) is 12.4. The van der Waals surface area contributed by atoms with Gasteiger partial charge in [0.1, 0.15) is 0 Å². The summed E-state index contributed by atoms with van der Waals surface area (Å²) in [5.41, 5.74) is 1.12. The number of thiazole rings is 1. The number of aromatic nitrogens is 1. The van der Waals surface area contributed by atoms with Crippen molar-refractivity contribution in [3.8, 4) is 0 Å². The molecule has 1 aromatic rings. The molecule has 0 aromatic carbocycles. The Morgan fingerprint density at radius 1 is 1.30 bits per heavy atom. The summed E-state index contributed by atoms with van der Waals surface area (Å²) in [4.78, 5) is 23.1. The van der Waals surface area contributed by atoms with E-state index in [-0.39, 0.29) is 5.91 Å². The summed E-state index contributed by atoms with van der Waals surface area (Å²) in [7, 11) is 0. The molecule has 6 heteroatoms. The summed E-state index contributed by atoms with van der Waals surface area (Å²) < 4.78 is 0. The lowest BCUT2D eigenvalue weighted by molar-refractivity contribution is -0.130. The Hall–Kier alpha value is -1.14. The van der Waals surface area contributed by atoms with Crippen LogP contribution < -0.4 is 4.90 Å². The Morgan fingerprint density at radius 2 is 2.04 bits per heavy atom. The van der Waals surface area contributed by atoms with Gasteiger partial charge in [0, 0.05) is 57.6 Å². The molecule has 0 spiro atoms. The van der Waals surface area contributed by atoms with Crippen molar-refractivity contribution < 1.29 is 4.79 Å². The number of piperidine rings is 1. The molecular weight excluding hydrogens is 308 g/mol. The van der Waals surface area contributed by atoms with Crippen LogP contribution in [0.1, 0.15) is 32.4 Å². The first-order chi connectivity index (χ1) is 11.0. The third-order valence-corrected chi connectivity index (χ3v) is 6.14. The molecular formula is C17H28N4OS. The Kier molecular flexibility index (Phi) is 5.21. The van der Waals surface area contributed by atoms with Crippen LogP contribution in [0.2, 0.25) is 0 Å². The molecule has 1 atom stereocenters. The molecule has 0 aliphatic carbocycles. The van der Waals surface area contributed by atoms with E-state index in [1.165, 1.54) is 11.7 Å². The molecule has 5 nitrogen and oxygen atoms in total. The van der Waals surface area contributed by atoms with Crippen molar-refractivity contribution >= 4 is 22.4 Å². The number of hydrogen-bond acceptors (Lipinski definition) is 5. The zero-order chi connectivity index (χ0) is 16.4. The summed E-state index contributed by atoms with van der Waals surface area (Å²) in [6.07, 6.45) is 2.31. The van der Waals surface area contributed by atoms with Gasteiger partial charge in [0.25, 0.3) is 0 Å². The maximum Gasteiger partial charge on any atom is 0.219 e. The highest BCUT2D eigenvalue weighted by molar-refractivity contribution is 7.13. The quantitative estimate of drug-likeness (QED) is 0.848. The Balaban J connectivity index is 1.48. The third-order valence-electron chi connectivity index (χ3n) is 5.14. The summed E-state index contributed by atoms with van der Waals surface area (Å²) >= 11 is 1.76. The molecule has 0 saturated carbocycles. The minimum absolute atomic E-state index is 0.226. The average Bonchev–Trinajstić information content (AvgIpc) is 2.94. The molecule has 2 aliphatic rings. The number of likely N-dealkylation sites (tertiary alicyclic amines) is 1. The Bertz CT molecular complexity index is 538. The van der Waals surface area contributed by atoms with Crippen LogP contribution in [0.4, 0.5) is 5.13 Å². The fraction of sp³-hybridized carbons (Fsp3) is 0.765. The second-order valence-electron chi connectivity index (χ2n) is 7.02. The van der Waals surface area contributed by atoms with Gasteiger partial charge in [0.15, 0.2) is 5.13 Å². The number of amides is 1. The van der Waals surface area contributed by atoms with Crippen molar-refractivity contribution in [1.82, 2.24) is 14.8 Å². The van der Waals surface area contributed by atoms with Crippen LogP contribution in [-0.2, 0) is 4.79 Å². The maximum absolute atomic E-state index is 11.4. The van der Waals surface area contributed by atoms with Gasteiger partial charge in [-0.2, -0.15) is 0 Å². The first-order valence-corrected chi connectivity index (χ1v) is 9.57. The number of piperazine rings is 1. The van der Waals surface area contributed by atoms with Crippen molar-refractivity contribution in [1.29, 1.82) is 0 Å². The van der Waals surface area contributed by atoms with Crippen LogP contribution >= 0.6 is 11.3 Å². The van der Waals surface area contributed by atoms with Gasteiger partial charge in [-0.25, -0.2) is 4.98 Å². The predicted molar refractivity (Wildman–Crippen MR) is 95.1 cm³/mol. The molecule has 2 fully saturated rings. The number of carbonyl (C=O) groups is 1. The molecule has 1 aromatic heterocycles. The second kappa shape index (κ2) is 7.18. The predicted octanol–water partition coefficient (Wildman–Crippen LogP) is 2.22. The van der Waals surface area contributed by atoms with E-state index >= 15 is 0 Å². The first-order valence-electron chi connectivity index (χ1n) is 8.69. The lowest BCUT2D eigenvalue weighted by Gasteiger charge is -2.42. The molecule has 0 radical (unpaired) electrons. The van der Waals surface area contributed by atoms with E-state index < -0.39 is 0 Å². The Labute approximate surface area is 143 Å². The van der Waals surface area contributed by atoms with Crippen LogP contribution in [0.3, 0.4) is 0 Å². The molecule has 23 heavy (non-hydrogen) atoms. The maximum atomic E-state index is 11.4. The van der Waals surface area contributed by atoms with Gasteiger partial charge in [-0.1, -0.05) is 0 Å². The minimum Gasteiger partial charge on any atom is -0.343 e. The van der Waals surface area contributed by atoms with Crippen molar-refractivity contribution in [3.63, 3.8) is 0 Å². The second-order valence-corrected chi connectivity index (χ2v) is 7.86. The number of anilines is 1. The molecule has 1 amide bonds. The summed E-state index contributed by atoms with van der Waals surface area (Å²) in [5.74, 6) is 0.968. The first kappa shape index (κ1) is 16.7. The van der Waals surface area contributed by atoms with Crippen molar-refractivity contribution in [2.45, 2.75) is 39.7 Å². The van der Waals surface area contributed by atoms with Gasteiger partial charge >= 0.3 is 0 Å². The number of rotatable bonds is 3. The van der Waals surface area contributed by atoms with E-state index in [1.807, 2.05) is 4.90 Å². The normalized spacial score (nSPS) is 24.2. The molecule has 128 valence electrons. The molecule has 2 saturated heterocycles. The van der Waals surface area contributed by atoms with E-state index in [0.717, 1.165) is 57.2 Å². The van der Waals surface area contributed by atoms with E-state index in [0.29, 0.717) is 6.04 Å². The smallest absolute Gasteiger partial charge is 0.219 e. The Morgan fingerprint density at radius 3 is 2.61 bits per heavy atom. The highest BCUT2D eigenvalue weighted by Crippen LogP contribution is 2.26. The highest BCUT2D eigenvalue weighted by atomic mass is 32.1. The van der Waals surface area contributed by atoms with Gasteiger partial charge in [0.2, 0.25) is 5.91 Å². The number of carbonyl (C=O) groups excluding carboxylic acids is 1. The van der Waals surface area contributed by atoms with Crippen LogP contribution in [0, 0.1) is 12.8 Å². The van der Waals surface area contributed by atoms with Crippen LogP contribution in [0.25, 0.3) is 0 Å². The fourth-order valence-electron chi connectivity index (χ4n) is 3.75. The topological polar surface area (TPSA) is 39.7 Å². The minimum atomic E-state index is 0.226. The summed E-state index contributed by atoms with van der Waals surface area (Å²) in [5, 5.41) is 3.31. The van der Waals surface area contributed by atoms with Crippen molar-refractivity contribution in [2.24, 2.45) is 5.92 Å². The molecule has 0 N–H and O–H groups in total. The monoisotopic (exact) mass is 336 g/mol. The summed E-state index contributed by atoms with van der Waals surface area (Å²) in [6, 6.07) is 0.520. The van der Waals surface area contributed by atoms with Gasteiger partial charge < -0.3 is 9.80 Å². The van der Waals surface area contributed by atoms with Crippen LogP contribution in [0.5, 0.6) is 0 Å². The van der Waals surface area contributed by atoms with E-state index in [2.05, 4.69) is 34.0 Å². The molecule has 3 heterocycles. The van der Waals surface area contributed by atoms with Gasteiger partial charge in [-0.15, -0.1) is 11.3 Å². The van der Waals surface area contributed by atoms with Crippen LogP contribution in [-0.4, -0.2) is 66.0 Å². The van der Waals surface area contributed by atoms with Gasteiger partial charge in [-0.3, -0.25) is 9.69 Å². The van der Waals surface area contributed by atoms with Gasteiger partial charge in [0.05, 0.1) is 5.69 Å². The fourth-order valence-corrected chi connectivity index (χ4v) is 4.68. The highest BCUT2D eigenvalue weighted by Gasteiger charge is 2.28. The van der Waals surface area contributed by atoms with E-state index in [4.69, 9.17) is 0 Å². The van der Waals surface area contributed by atoms with Gasteiger partial charge in [-0.05, 0) is 32.6 Å². The van der Waals surface area contributed by atoms with Crippen LogP contribution in [0.15, 0.2) is 5.38 Å². The average molecular weight is 337 g/mol. The number of nitrogens with zero attached hydrogens (tertiary/aromatic N) is 4. The molecule has 2 aliphatic heterocycles. The molecule has 0 bridgehead atoms. The standard InChI is InChI=1S/C17H28N4OS/c1-13-12-23-17(18-13)21-9-8-19(10-14(21)2)11-16-4-6-20(7-5-16)15(3)22/h12,14,16H,4-11H2,1-3H3. The zero-order valence-corrected chi connectivity index (χ0v) is 15.3. The molecule has 3 rings (SSSR count). The lowest BCUT2D eigenvalue weighted by atomic mass is 9.95. The van der Waals surface area contributed by atoms with E-state index in [9.17, 15) is 4.79 Å². The van der Waals surface area contributed by atoms with Crippen molar-refractivity contribution in [3.05, 3.63) is 11.1 Å². The van der Waals surface area contributed by atoms with E-state index in [1.54, 1.807) is 18.3 Å². The third kappa shape index (κ3) is 4.04. The largest absolute Gasteiger partial charge is 0.343 e. The lowest BCUT2D eigenvalue weighted by Crippen LogP contribution is -2.53. The molecule has 1 unspecified atom stereocenters. The zero-order valence-electron chi connectivity index (χ0n) is 14.5. The number of aryl methyl sites for hydroxylation is 1.